The van der Waals surface area contributed by atoms with Crippen LogP contribution in [0.1, 0.15) is 130 Å². The van der Waals surface area contributed by atoms with Crippen molar-refractivity contribution < 1.29 is 9.47 Å². The van der Waals surface area contributed by atoms with E-state index in [0.29, 0.717) is 0 Å². The Morgan fingerprint density at radius 3 is 1.89 bits per heavy atom. The zero-order valence-corrected chi connectivity index (χ0v) is 25.0. The average Bonchev–Trinajstić information content (AvgIpc) is 3.19. The molecule has 36 heavy (non-hydrogen) atoms. The third kappa shape index (κ3) is 19.5. The van der Waals surface area contributed by atoms with Crippen LogP contribution in [0.15, 0.2) is 24.3 Å². The summed E-state index contributed by atoms with van der Waals surface area (Å²) in [6.07, 6.45) is 30.6. The number of rotatable bonds is 24. The summed E-state index contributed by atoms with van der Waals surface area (Å²) in [5.74, 6) is 1.59. The van der Waals surface area contributed by atoms with Crippen LogP contribution in [0.5, 0.6) is 0 Å². The minimum atomic E-state index is 0.252. The van der Waals surface area contributed by atoms with Gasteiger partial charge in [-0.1, -0.05) is 110 Å². The summed E-state index contributed by atoms with van der Waals surface area (Å²) in [6, 6.07) is 0. The summed E-state index contributed by atoms with van der Waals surface area (Å²) in [5, 5.41) is 0. The molecule has 1 fully saturated rings. The van der Waals surface area contributed by atoms with Crippen molar-refractivity contribution in [1.82, 2.24) is 4.90 Å². The maximum absolute atomic E-state index is 6.29. The smallest absolute Gasteiger partial charge is 0.0975 e. The molecule has 1 aliphatic heterocycles. The van der Waals surface area contributed by atoms with E-state index in [1.165, 1.54) is 96.3 Å². The molecular formula is C33H63NO2. The predicted octanol–water partition coefficient (Wildman–Crippen LogP) is 9.37. The van der Waals surface area contributed by atoms with E-state index in [9.17, 15) is 0 Å². The van der Waals surface area contributed by atoms with Gasteiger partial charge in [0.2, 0.25) is 0 Å². The summed E-state index contributed by atoms with van der Waals surface area (Å²) in [6.45, 7) is 13.1. The quantitative estimate of drug-likeness (QED) is 0.0963. The molecule has 2 unspecified atom stereocenters. The zero-order valence-electron chi connectivity index (χ0n) is 25.0. The van der Waals surface area contributed by atoms with Gasteiger partial charge in [-0.05, 0) is 63.8 Å². The third-order valence-corrected chi connectivity index (χ3v) is 7.50. The first-order valence-electron chi connectivity index (χ1n) is 15.7. The van der Waals surface area contributed by atoms with E-state index in [1.807, 2.05) is 0 Å². The molecule has 3 nitrogen and oxygen atoms in total. The molecule has 0 aromatic carbocycles. The van der Waals surface area contributed by atoms with Crippen molar-refractivity contribution in [3.05, 3.63) is 24.3 Å². The van der Waals surface area contributed by atoms with Crippen LogP contribution in [0.2, 0.25) is 0 Å². The van der Waals surface area contributed by atoms with Crippen LogP contribution in [-0.2, 0) is 9.47 Å². The van der Waals surface area contributed by atoms with E-state index in [0.717, 1.165) is 44.6 Å². The molecule has 1 heterocycles. The van der Waals surface area contributed by atoms with Crippen LogP contribution in [0.4, 0.5) is 0 Å². The highest BCUT2D eigenvalue weighted by Crippen LogP contribution is 2.19. The van der Waals surface area contributed by atoms with Crippen molar-refractivity contribution in [2.75, 3.05) is 33.4 Å². The van der Waals surface area contributed by atoms with Gasteiger partial charge in [-0.15, -0.1) is 0 Å². The molecule has 0 N–H and O–H groups in total. The number of hydrogen-bond acceptors (Lipinski definition) is 3. The van der Waals surface area contributed by atoms with Gasteiger partial charge in [0, 0.05) is 26.3 Å². The topological polar surface area (TPSA) is 21.7 Å². The number of unbranched alkanes of at least 4 members (excludes halogenated alkanes) is 9. The lowest BCUT2D eigenvalue weighted by molar-refractivity contribution is -0.0500. The second-order valence-corrected chi connectivity index (χ2v) is 11.8. The predicted molar refractivity (Wildman–Crippen MR) is 159 cm³/mol. The Hall–Kier alpha value is -0.640. The Labute approximate surface area is 226 Å². The molecule has 3 heteroatoms. The highest BCUT2D eigenvalue weighted by molar-refractivity contribution is 4.92. The summed E-state index contributed by atoms with van der Waals surface area (Å²) < 4.78 is 12.6. The van der Waals surface area contributed by atoms with E-state index in [4.69, 9.17) is 9.47 Å². The fraction of sp³-hybridized carbons (Fsp3) is 0.879. The lowest BCUT2D eigenvalue weighted by atomic mass is 9.98. The molecule has 1 saturated heterocycles. The fourth-order valence-corrected chi connectivity index (χ4v) is 5.01. The number of allylic oxidation sites excluding steroid dienone is 4. The Morgan fingerprint density at radius 1 is 0.667 bits per heavy atom. The van der Waals surface area contributed by atoms with Crippen molar-refractivity contribution in [3.8, 4) is 0 Å². The number of hydrogen-bond donors (Lipinski definition) is 0. The first-order chi connectivity index (χ1) is 17.5. The Balaban J connectivity index is 1.97. The number of nitrogens with zero attached hydrogens (tertiary/aromatic N) is 1. The summed E-state index contributed by atoms with van der Waals surface area (Å²) in [5.41, 5.74) is 0. The molecule has 0 aromatic rings. The largest absolute Gasteiger partial charge is 0.374 e. The molecule has 0 spiro atoms. The van der Waals surface area contributed by atoms with Gasteiger partial charge >= 0.3 is 0 Å². The molecule has 0 amide bonds. The first kappa shape index (κ1) is 33.4. The summed E-state index contributed by atoms with van der Waals surface area (Å²) in [7, 11) is 2.19. The number of ether oxygens (including phenoxy) is 2. The molecule has 0 aliphatic carbocycles. The van der Waals surface area contributed by atoms with Gasteiger partial charge in [0.15, 0.2) is 0 Å². The van der Waals surface area contributed by atoms with Gasteiger partial charge < -0.3 is 14.4 Å². The SMILES string of the molecule is CCCCC/C=C\C/C=C\CCCCCCCCOC1CN(C)C[C@H]1OCCC(C)CCCC(C)C. The Bertz CT molecular complexity index is 530. The molecular weight excluding hydrogens is 442 g/mol. The van der Waals surface area contributed by atoms with Crippen molar-refractivity contribution in [3.63, 3.8) is 0 Å². The zero-order chi connectivity index (χ0) is 26.3. The van der Waals surface area contributed by atoms with E-state index < -0.39 is 0 Å². The molecule has 212 valence electrons. The van der Waals surface area contributed by atoms with Crippen molar-refractivity contribution in [2.45, 2.75) is 143 Å². The molecule has 0 aromatic heterocycles. The third-order valence-electron chi connectivity index (χ3n) is 7.50. The number of likely N-dealkylation sites (N-methyl/N-ethyl adjacent to an activating group) is 1. The van der Waals surface area contributed by atoms with Crippen molar-refractivity contribution >= 4 is 0 Å². The molecule has 0 radical (unpaired) electrons. The molecule has 0 saturated carbocycles. The van der Waals surface area contributed by atoms with E-state index >= 15 is 0 Å². The fourth-order valence-electron chi connectivity index (χ4n) is 5.01. The normalized spacial score (nSPS) is 19.9. The first-order valence-corrected chi connectivity index (χ1v) is 15.7. The van der Waals surface area contributed by atoms with Crippen LogP contribution < -0.4 is 0 Å². The van der Waals surface area contributed by atoms with Crippen LogP contribution in [-0.4, -0.2) is 50.5 Å². The molecule has 0 bridgehead atoms. The van der Waals surface area contributed by atoms with Crippen LogP contribution in [0.3, 0.4) is 0 Å². The highest BCUT2D eigenvalue weighted by Gasteiger charge is 2.32. The number of likely N-dealkylation sites (tertiary alicyclic amines) is 1. The van der Waals surface area contributed by atoms with Gasteiger partial charge in [-0.25, -0.2) is 0 Å². The maximum atomic E-state index is 6.29. The van der Waals surface area contributed by atoms with E-state index in [2.05, 4.69) is 63.9 Å². The molecule has 1 rings (SSSR count). The van der Waals surface area contributed by atoms with Gasteiger partial charge in [0.05, 0.1) is 12.2 Å². The molecule has 3 atom stereocenters. The highest BCUT2D eigenvalue weighted by atomic mass is 16.5. The van der Waals surface area contributed by atoms with Gasteiger partial charge in [0.1, 0.15) is 0 Å². The minimum absolute atomic E-state index is 0.252. The Morgan fingerprint density at radius 2 is 1.25 bits per heavy atom. The van der Waals surface area contributed by atoms with Crippen molar-refractivity contribution in [2.24, 2.45) is 11.8 Å². The average molecular weight is 506 g/mol. The van der Waals surface area contributed by atoms with Gasteiger partial charge in [-0.2, -0.15) is 0 Å². The van der Waals surface area contributed by atoms with Gasteiger partial charge in [0.25, 0.3) is 0 Å². The second-order valence-electron chi connectivity index (χ2n) is 11.8. The second kappa shape index (κ2) is 23.5. The Kier molecular flexibility index (Phi) is 21.8. The molecule has 1 aliphatic rings. The summed E-state index contributed by atoms with van der Waals surface area (Å²) in [4.78, 5) is 2.36. The van der Waals surface area contributed by atoms with E-state index in [-0.39, 0.29) is 12.2 Å². The monoisotopic (exact) mass is 505 g/mol. The van der Waals surface area contributed by atoms with Gasteiger partial charge in [-0.3, -0.25) is 0 Å². The minimum Gasteiger partial charge on any atom is -0.374 e. The standard InChI is InChI=1S/C33H63NO2/c1-6-7-8-9-10-11-12-13-14-15-16-17-18-19-20-21-26-35-32-28-34(5)29-33(32)36-27-25-31(4)24-22-23-30(2)3/h10-11,13-14,30-33H,6-9,12,15-29H2,1-5H3/b11-10-,14-13-/t31?,32?,33-/m1/s1. The maximum Gasteiger partial charge on any atom is 0.0975 e. The van der Waals surface area contributed by atoms with Crippen LogP contribution >= 0.6 is 0 Å². The lowest BCUT2D eigenvalue weighted by Gasteiger charge is -2.21. The van der Waals surface area contributed by atoms with Crippen LogP contribution in [0.25, 0.3) is 0 Å². The lowest BCUT2D eigenvalue weighted by Crippen LogP contribution is -2.31. The van der Waals surface area contributed by atoms with Crippen molar-refractivity contribution in [1.29, 1.82) is 0 Å². The van der Waals surface area contributed by atoms with E-state index in [1.54, 1.807) is 0 Å². The summed E-state index contributed by atoms with van der Waals surface area (Å²) >= 11 is 0. The van der Waals surface area contributed by atoms with Crippen LogP contribution in [0, 0.1) is 11.8 Å².